The predicted octanol–water partition coefficient (Wildman–Crippen LogP) is 4.89. The normalized spacial score (nSPS) is 13.8. The molecule has 1 atom stereocenters. The fourth-order valence-corrected chi connectivity index (χ4v) is 4.28. The van der Waals surface area contributed by atoms with Crippen LogP contribution < -0.4 is 16.1 Å². The number of hydroxylamine groups is 1. The second kappa shape index (κ2) is 14.0. The molecule has 1 aliphatic rings. The van der Waals surface area contributed by atoms with Gasteiger partial charge in [0.1, 0.15) is 17.2 Å². The summed E-state index contributed by atoms with van der Waals surface area (Å²) < 4.78 is 10.8. The molecule has 11 heteroatoms. The third-order valence-electron chi connectivity index (χ3n) is 6.61. The van der Waals surface area contributed by atoms with Crippen molar-refractivity contribution in [3.63, 3.8) is 0 Å². The fourth-order valence-electron chi connectivity index (χ4n) is 4.28. The van der Waals surface area contributed by atoms with Crippen LogP contribution in [0.4, 0.5) is 9.59 Å². The zero-order valence-electron chi connectivity index (χ0n) is 27.2. The molecule has 1 saturated carbocycles. The van der Waals surface area contributed by atoms with Crippen LogP contribution >= 0.6 is 0 Å². The SMILES string of the molecule is CC(C)(C)OC(=O)NC(C)(C)[C@H](NC(=O)c1ccc(C#Cc2ccc(CN(C(=O)OC(C)(C)C)C3CC3)cc2)cc1)C(=O)NO. The zero-order chi connectivity index (χ0) is 33.6. The first-order valence-corrected chi connectivity index (χ1v) is 14.8. The average Bonchev–Trinajstić information content (AvgIpc) is 3.76. The van der Waals surface area contributed by atoms with Crippen LogP contribution in [0.5, 0.6) is 0 Å². The van der Waals surface area contributed by atoms with E-state index in [1.54, 1.807) is 49.9 Å². The number of rotatable bonds is 8. The van der Waals surface area contributed by atoms with Gasteiger partial charge in [0, 0.05) is 29.3 Å². The summed E-state index contributed by atoms with van der Waals surface area (Å²) in [4.78, 5) is 52.2. The third kappa shape index (κ3) is 11.1. The van der Waals surface area contributed by atoms with Gasteiger partial charge in [-0.15, -0.1) is 0 Å². The van der Waals surface area contributed by atoms with Crippen molar-refractivity contribution in [2.45, 2.75) is 104 Å². The maximum atomic E-state index is 13.0. The van der Waals surface area contributed by atoms with Gasteiger partial charge in [0.05, 0.1) is 5.54 Å². The molecule has 1 aliphatic carbocycles. The van der Waals surface area contributed by atoms with E-state index in [2.05, 4.69) is 22.5 Å². The van der Waals surface area contributed by atoms with E-state index in [0.717, 1.165) is 24.0 Å². The Bertz CT molecular complexity index is 1440. The number of carbonyl (C=O) groups is 4. The van der Waals surface area contributed by atoms with Crippen molar-refractivity contribution in [1.29, 1.82) is 0 Å². The van der Waals surface area contributed by atoms with Gasteiger partial charge >= 0.3 is 12.2 Å². The molecule has 0 spiro atoms. The molecule has 1 fully saturated rings. The molecule has 2 aromatic carbocycles. The third-order valence-corrected chi connectivity index (χ3v) is 6.61. The molecular formula is C34H44N4O7. The van der Waals surface area contributed by atoms with Crippen LogP contribution in [0.3, 0.4) is 0 Å². The summed E-state index contributed by atoms with van der Waals surface area (Å²) in [7, 11) is 0. The fraction of sp³-hybridized carbons (Fsp3) is 0.471. The number of hydrogen-bond acceptors (Lipinski definition) is 7. The van der Waals surface area contributed by atoms with Crippen molar-refractivity contribution in [2.24, 2.45) is 0 Å². The Morgan fingerprint density at radius 2 is 1.36 bits per heavy atom. The summed E-state index contributed by atoms with van der Waals surface area (Å²) in [6, 6.07) is 13.0. The van der Waals surface area contributed by atoms with Gasteiger partial charge in [0.25, 0.3) is 11.8 Å². The summed E-state index contributed by atoms with van der Waals surface area (Å²) in [6.07, 6.45) is 0.867. The zero-order valence-corrected chi connectivity index (χ0v) is 27.2. The molecule has 0 saturated heterocycles. The number of alkyl carbamates (subject to hydrolysis) is 1. The smallest absolute Gasteiger partial charge is 0.410 e. The van der Waals surface area contributed by atoms with E-state index in [9.17, 15) is 24.4 Å². The van der Waals surface area contributed by atoms with Gasteiger partial charge in [-0.1, -0.05) is 24.0 Å². The van der Waals surface area contributed by atoms with E-state index in [1.165, 1.54) is 19.3 Å². The highest BCUT2D eigenvalue weighted by molar-refractivity contribution is 5.98. The second-order valence-corrected chi connectivity index (χ2v) is 13.6. The van der Waals surface area contributed by atoms with Crippen molar-refractivity contribution >= 4 is 24.0 Å². The molecule has 2 aromatic rings. The molecule has 0 unspecified atom stereocenters. The van der Waals surface area contributed by atoms with Gasteiger partial charge in [-0.2, -0.15) is 0 Å². The Labute approximate surface area is 265 Å². The first-order chi connectivity index (χ1) is 20.9. The lowest BCUT2D eigenvalue weighted by Crippen LogP contribution is -2.64. The van der Waals surface area contributed by atoms with Gasteiger partial charge in [-0.05, 0) is 110 Å². The highest BCUT2D eigenvalue weighted by Gasteiger charge is 2.39. The summed E-state index contributed by atoms with van der Waals surface area (Å²) in [6.45, 7) is 14.2. The monoisotopic (exact) mass is 620 g/mol. The molecular weight excluding hydrogens is 576 g/mol. The quantitative estimate of drug-likeness (QED) is 0.187. The molecule has 0 aromatic heterocycles. The summed E-state index contributed by atoms with van der Waals surface area (Å²) >= 11 is 0. The van der Waals surface area contributed by atoms with Gasteiger partial charge in [0.2, 0.25) is 0 Å². The Balaban J connectivity index is 1.64. The van der Waals surface area contributed by atoms with E-state index >= 15 is 0 Å². The van der Waals surface area contributed by atoms with Crippen LogP contribution in [-0.2, 0) is 20.8 Å². The average molecular weight is 621 g/mol. The van der Waals surface area contributed by atoms with Gasteiger partial charge in [-0.3, -0.25) is 14.8 Å². The molecule has 242 valence electrons. The number of nitrogens with zero attached hydrogens (tertiary/aromatic N) is 1. The first-order valence-electron chi connectivity index (χ1n) is 14.8. The highest BCUT2D eigenvalue weighted by atomic mass is 16.6. The molecule has 3 rings (SSSR count). The van der Waals surface area contributed by atoms with Crippen LogP contribution in [0.15, 0.2) is 48.5 Å². The largest absolute Gasteiger partial charge is 0.444 e. The van der Waals surface area contributed by atoms with Crippen LogP contribution in [0, 0.1) is 11.8 Å². The van der Waals surface area contributed by atoms with Crippen LogP contribution in [0.1, 0.15) is 95.3 Å². The Hall–Kier alpha value is -4.56. The number of nitrogens with one attached hydrogen (secondary N) is 3. The lowest BCUT2D eigenvalue weighted by atomic mass is 9.93. The van der Waals surface area contributed by atoms with Crippen molar-refractivity contribution < 1.29 is 33.9 Å². The molecule has 4 N–H and O–H groups in total. The number of carbonyl (C=O) groups excluding carboxylic acids is 4. The van der Waals surface area contributed by atoms with Gasteiger partial charge < -0.3 is 25.0 Å². The number of amides is 4. The molecule has 0 heterocycles. The minimum absolute atomic E-state index is 0.211. The summed E-state index contributed by atoms with van der Waals surface area (Å²) in [5.41, 5.74) is 1.57. The van der Waals surface area contributed by atoms with E-state index in [0.29, 0.717) is 12.1 Å². The lowest BCUT2D eigenvalue weighted by molar-refractivity contribution is -0.132. The van der Waals surface area contributed by atoms with Crippen molar-refractivity contribution in [1.82, 2.24) is 21.0 Å². The Morgan fingerprint density at radius 1 is 0.844 bits per heavy atom. The first kappa shape index (κ1) is 34.9. The van der Waals surface area contributed by atoms with Crippen molar-refractivity contribution in [3.05, 3.63) is 70.8 Å². The highest BCUT2D eigenvalue weighted by Crippen LogP contribution is 2.30. The van der Waals surface area contributed by atoms with Crippen molar-refractivity contribution in [2.75, 3.05) is 0 Å². The molecule has 0 bridgehead atoms. The molecule has 0 radical (unpaired) electrons. The van der Waals surface area contributed by atoms with Crippen LogP contribution in [-0.4, -0.2) is 62.9 Å². The Kier molecular flexibility index (Phi) is 10.9. The summed E-state index contributed by atoms with van der Waals surface area (Å²) in [5, 5.41) is 14.4. The molecule has 45 heavy (non-hydrogen) atoms. The van der Waals surface area contributed by atoms with Crippen LogP contribution in [0.2, 0.25) is 0 Å². The minimum atomic E-state index is -1.33. The predicted molar refractivity (Wildman–Crippen MR) is 168 cm³/mol. The maximum Gasteiger partial charge on any atom is 0.410 e. The van der Waals surface area contributed by atoms with Crippen molar-refractivity contribution in [3.8, 4) is 11.8 Å². The standard InChI is InChI=1S/C34H44N4O7/c1-32(2,3)44-30(41)36-34(7,8)27(29(40)37-43)35-28(39)25-17-15-23(16-18-25)10-9-22-11-13-24(14-12-22)21-38(26-19-20-26)31(42)45-33(4,5)6/h11-18,26-27,43H,19-21H2,1-8H3,(H,35,39)(H,36,41)(H,37,40)/t27-/m1/s1. The van der Waals surface area contributed by atoms with Crippen LogP contribution in [0.25, 0.3) is 0 Å². The minimum Gasteiger partial charge on any atom is -0.444 e. The number of benzene rings is 2. The Morgan fingerprint density at radius 3 is 1.82 bits per heavy atom. The molecule has 11 nitrogen and oxygen atoms in total. The topological polar surface area (TPSA) is 146 Å². The lowest BCUT2D eigenvalue weighted by Gasteiger charge is -2.34. The van der Waals surface area contributed by atoms with E-state index < -0.39 is 40.7 Å². The van der Waals surface area contributed by atoms with E-state index in [1.807, 2.05) is 45.0 Å². The van der Waals surface area contributed by atoms with E-state index in [-0.39, 0.29) is 17.7 Å². The maximum absolute atomic E-state index is 13.0. The molecule has 4 amide bonds. The summed E-state index contributed by atoms with van der Waals surface area (Å²) in [5.74, 6) is 4.66. The van der Waals surface area contributed by atoms with Gasteiger partial charge in [0.15, 0.2) is 0 Å². The number of hydrogen-bond donors (Lipinski definition) is 4. The van der Waals surface area contributed by atoms with E-state index in [4.69, 9.17) is 9.47 Å². The molecule has 0 aliphatic heterocycles. The number of ether oxygens (including phenoxy) is 2. The van der Waals surface area contributed by atoms with Gasteiger partial charge in [-0.25, -0.2) is 15.1 Å². The second-order valence-electron chi connectivity index (χ2n) is 13.6.